The van der Waals surface area contributed by atoms with E-state index < -0.39 is 12.1 Å². The third kappa shape index (κ3) is 5.23. The van der Waals surface area contributed by atoms with Crippen molar-refractivity contribution in [1.82, 2.24) is 5.32 Å². The first kappa shape index (κ1) is 18.3. The van der Waals surface area contributed by atoms with Crippen LogP contribution < -0.4 is 10.6 Å². The Morgan fingerprint density at radius 1 is 1.21 bits per heavy atom. The van der Waals surface area contributed by atoms with Gasteiger partial charge in [-0.2, -0.15) is 0 Å². The summed E-state index contributed by atoms with van der Waals surface area (Å²) < 4.78 is 5.38. The van der Waals surface area contributed by atoms with E-state index in [1.165, 1.54) is 0 Å². The van der Waals surface area contributed by atoms with E-state index in [2.05, 4.69) is 10.6 Å². The Hall–Kier alpha value is -2.08. The van der Waals surface area contributed by atoms with E-state index in [0.717, 1.165) is 5.56 Å². The number of aliphatic hydroxyl groups excluding tert-OH is 1. The maximum atomic E-state index is 12.1. The molecule has 2 amide bonds. The van der Waals surface area contributed by atoms with Crippen molar-refractivity contribution in [2.75, 3.05) is 18.5 Å². The molecule has 0 saturated heterocycles. The van der Waals surface area contributed by atoms with Gasteiger partial charge < -0.3 is 20.5 Å². The summed E-state index contributed by atoms with van der Waals surface area (Å²) in [5.41, 5.74) is 2.15. The van der Waals surface area contributed by atoms with Gasteiger partial charge in [0.15, 0.2) is 0 Å². The monoisotopic (exact) mass is 348 g/mol. The SMILES string of the molecule is CCOCc1ccccc1NC(=O)NCC(O)c1ccccc1Cl. The molecule has 0 aliphatic rings. The summed E-state index contributed by atoms with van der Waals surface area (Å²) in [5.74, 6) is 0. The van der Waals surface area contributed by atoms with Crippen LogP contribution in [0.1, 0.15) is 24.2 Å². The lowest BCUT2D eigenvalue weighted by atomic mass is 10.1. The zero-order valence-electron chi connectivity index (χ0n) is 13.5. The van der Waals surface area contributed by atoms with Gasteiger partial charge in [0.1, 0.15) is 0 Å². The number of amides is 2. The molecule has 0 radical (unpaired) electrons. The third-order valence-electron chi connectivity index (χ3n) is 3.45. The number of ether oxygens (including phenoxy) is 1. The highest BCUT2D eigenvalue weighted by Gasteiger charge is 2.13. The molecular formula is C18H21ClN2O3. The predicted molar refractivity (Wildman–Crippen MR) is 95.2 cm³/mol. The van der Waals surface area contributed by atoms with Gasteiger partial charge >= 0.3 is 6.03 Å². The predicted octanol–water partition coefficient (Wildman–Crippen LogP) is 3.73. The van der Waals surface area contributed by atoms with E-state index in [4.69, 9.17) is 16.3 Å². The number of carbonyl (C=O) groups is 1. The molecule has 2 aromatic rings. The molecule has 2 rings (SSSR count). The largest absolute Gasteiger partial charge is 0.387 e. The molecule has 0 spiro atoms. The summed E-state index contributed by atoms with van der Waals surface area (Å²) in [7, 11) is 0. The fourth-order valence-corrected chi connectivity index (χ4v) is 2.45. The summed E-state index contributed by atoms with van der Waals surface area (Å²) in [5, 5.41) is 16.0. The molecule has 1 atom stereocenters. The van der Waals surface area contributed by atoms with Crippen molar-refractivity contribution in [3.63, 3.8) is 0 Å². The zero-order valence-corrected chi connectivity index (χ0v) is 14.2. The number of carbonyl (C=O) groups excluding carboxylic acids is 1. The molecule has 2 aromatic carbocycles. The molecule has 0 fully saturated rings. The first-order valence-corrected chi connectivity index (χ1v) is 8.12. The number of aliphatic hydroxyl groups is 1. The van der Waals surface area contributed by atoms with Crippen molar-refractivity contribution in [1.29, 1.82) is 0 Å². The quantitative estimate of drug-likeness (QED) is 0.714. The van der Waals surface area contributed by atoms with Gasteiger partial charge in [-0.15, -0.1) is 0 Å². The molecule has 24 heavy (non-hydrogen) atoms. The van der Waals surface area contributed by atoms with Gasteiger partial charge in [0.2, 0.25) is 0 Å². The van der Waals surface area contributed by atoms with E-state index in [1.807, 2.05) is 25.1 Å². The van der Waals surface area contributed by atoms with Crippen molar-refractivity contribution in [3.05, 3.63) is 64.7 Å². The fourth-order valence-electron chi connectivity index (χ4n) is 2.19. The highest BCUT2D eigenvalue weighted by atomic mass is 35.5. The van der Waals surface area contributed by atoms with Crippen LogP contribution in [-0.4, -0.2) is 24.3 Å². The average Bonchev–Trinajstić information content (AvgIpc) is 2.59. The molecule has 0 aliphatic heterocycles. The van der Waals surface area contributed by atoms with Crippen molar-refractivity contribution in [2.45, 2.75) is 19.6 Å². The number of urea groups is 1. The standard InChI is InChI=1S/C18H21ClN2O3/c1-2-24-12-13-7-3-6-10-16(13)21-18(23)20-11-17(22)14-8-4-5-9-15(14)19/h3-10,17,22H,2,11-12H2,1H3,(H2,20,21,23). The van der Waals surface area contributed by atoms with Crippen molar-refractivity contribution in [3.8, 4) is 0 Å². The molecular weight excluding hydrogens is 328 g/mol. The number of hydrogen-bond donors (Lipinski definition) is 3. The maximum absolute atomic E-state index is 12.1. The van der Waals surface area contributed by atoms with Gasteiger partial charge in [-0.25, -0.2) is 4.79 Å². The van der Waals surface area contributed by atoms with Gasteiger partial charge in [-0.1, -0.05) is 48.0 Å². The smallest absolute Gasteiger partial charge is 0.319 e. The number of para-hydroxylation sites is 1. The molecule has 3 N–H and O–H groups in total. The molecule has 128 valence electrons. The molecule has 5 nitrogen and oxygen atoms in total. The normalized spacial score (nSPS) is 11.8. The second kappa shape index (κ2) is 9.27. The Morgan fingerprint density at radius 3 is 2.67 bits per heavy atom. The maximum Gasteiger partial charge on any atom is 0.319 e. The first-order valence-electron chi connectivity index (χ1n) is 7.74. The third-order valence-corrected chi connectivity index (χ3v) is 3.79. The molecule has 0 saturated carbocycles. The molecule has 0 heterocycles. The van der Waals surface area contributed by atoms with E-state index in [1.54, 1.807) is 30.3 Å². The Kier molecular flexibility index (Phi) is 7.06. The minimum absolute atomic E-state index is 0.0587. The second-order valence-corrected chi connectivity index (χ2v) is 5.57. The number of nitrogens with one attached hydrogen (secondary N) is 2. The van der Waals surface area contributed by atoms with E-state index >= 15 is 0 Å². The lowest BCUT2D eigenvalue weighted by Crippen LogP contribution is -2.32. The van der Waals surface area contributed by atoms with E-state index in [-0.39, 0.29) is 6.54 Å². The van der Waals surface area contributed by atoms with Gasteiger partial charge in [0, 0.05) is 35.0 Å². The molecule has 1 unspecified atom stereocenters. The Bertz CT molecular complexity index is 679. The summed E-state index contributed by atoms with van der Waals surface area (Å²) in [6, 6.07) is 14.0. The Balaban J connectivity index is 1.91. The lowest BCUT2D eigenvalue weighted by molar-refractivity contribution is 0.134. The van der Waals surface area contributed by atoms with Gasteiger partial charge in [-0.05, 0) is 19.1 Å². The fraction of sp³-hybridized carbons (Fsp3) is 0.278. The van der Waals surface area contributed by atoms with Crippen molar-refractivity contribution >= 4 is 23.3 Å². The minimum Gasteiger partial charge on any atom is -0.387 e. The van der Waals surface area contributed by atoms with Crippen LogP contribution in [0.4, 0.5) is 10.5 Å². The van der Waals surface area contributed by atoms with Crippen molar-refractivity contribution in [2.24, 2.45) is 0 Å². The highest BCUT2D eigenvalue weighted by molar-refractivity contribution is 6.31. The second-order valence-electron chi connectivity index (χ2n) is 5.17. The summed E-state index contributed by atoms with van der Waals surface area (Å²) in [4.78, 5) is 12.1. The van der Waals surface area contributed by atoms with Crippen LogP contribution in [0.3, 0.4) is 0 Å². The first-order chi connectivity index (χ1) is 11.6. The van der Waals surface area contributed by atoms with Gasteiger partial charge in [0.05, 0.1) is 12.7 Å². The lowest BCUT2D eigenvalue weighted by Gasteiger charge is -2.15. The number of benzene rings is 2. The number of hydrogen-bond acceptors (Lipinski definition) is 3. The summed E-state index contributed by atoms with van der Waals surface area (Å²) in [6.45, 7) is 3.00. The average molecular weight is 349 g/mol. The summed E-state index contributed by atoms with van der Waals surface area (Å²) in [6.07, 6.45) is -0.872. The van der Waals surface area contributed by atoms with Crippen LogP contribution in [0.25, 0.3) is 0 Å². The van der Waals surface area contributed by atoms with Crippen LogP contribution in [0, 0.1) is 0 Å². The topological polar surface area (TPSA) is 70.6 Å². The van der Waals surface area contributed by atoms with Crippen LogP contribution in [0.2, 0.25) is 5.02 Å². The van der Waals surface area contributed by atoms with Gasteiger partial charge in [-0.3, -0.25) is 0 Å². The summed E-state index contributed by atoms with van der Waals surface area (Å²) >= 11 is 6.03. The van der Waals surface area contributed by atoms with Crippen LogP contribution >= 0.6 is 11.6 Å². The highest BCUT2D eigenvalue weighted by Crippen LogP contribution is 2.22. The molecule has 6 heteroatoms. The number of rotatable bonds is 7. The zero-order chi connectivity index (χ0) is 17.4. The van der Waals surface area contributed by atoms with E-state index in [0.29, 0.717) is 29.5 Å². The van der Waals surface area contributed by atoms with Crippen LogP contribution in [0.5, 0.6) is 0 Å². The minimum atomic E-state index is -0.872. The van der Waals surface area contributed by atoms with Gasteiger partial charge in [0.25, 0.3) is 0 Å². The number of halogens is 1. The number of anilines is 1. The molecule has 0 aliphatic carbocycles. The van der Waals surface area contributed by atoms with E-state index in [9.17, 15) is 9.90 Å². The van der Waals surface area contributed by atoms with Crippen LogP contribution in [-0.2, 0) is 11.3 Å². The Morgan fingerprint density at radius 2 is 1.92 bits per heavy atom. The molecule has 0 bridgehead atoms. The van der Waals surface area contributed by atoms with Crippen molar-refractivity contribution < 1.29 is 14.6 Å². The molecule has 0 aromatic heterocycles. The van der Waals surface area contributed by atoms with Crippen LogP contribution in [0.15, 0.2) is 48.5 Å². The Labute approximate surface area is 146 Å².